The van der Waals surface area contributed by atoms with E-state index in [-0.39, 0.29) is 30.6 Å². The molecule has 2 rings (SSSR count). The van der Waals surface area contributed by atoms with Crippen molar-refractivity contribution in [1.29, 1.82) is 0 Å². The van der Waals surface area contributed by atoms with Crippen molar-refractivity contribution >= 4 is 35.8 Å². The Morgan fingerprint density at radius 2 is 2.19 bits per heavy atom. The number of rotatable bonds is 7. The lowest BCUT2D eigenvalue weighted by atomic mass is 9.87. The fourth-order valence-electron chi connectivity index (χ4n) is 3.14. The van der Waals surface area contributed by atoms with Crippen LogP contribution in [0.2, 0.25) is 0 Å². The average Bonchev–Trinajstić information content (AvgIpc) is 2.58. The molecule has 0 aromatic heterocycles. The number of benzene rings is 1. The van der Waals surface area contributed by atoms with Crippen LogP contribution in [0.15, 0.2) is 29.3 Å². The van der Waals surface area contributed by atoms with Crippen LogP contribution >= 0.6 is 24.0 Å². The largest absolute Gasteiger partial charge is 0.484 e. The highest BCUT2D eigenvalue weighted by Crippen LogP contribution is 2.23. The number of amides is 1. The summed E-state index contributed by atoms with van der Waals surface area (Å²) >= 11 is 0. The number of nitrogens with two attached hydrogens (primary N) is 1. The number of guanidine groups is 1. The molecule has 1 aromatic carbocycles. The van der Waals surface area contributed by atoms with Crippen LogP contribution < -0.4 is 21.1 Å². The third-order valence-electron chi connectivity index (χ3n) is 4.32. The second-order valence-electron chi connectivity index (χ2n) is 6.71. The van der Waals surface area contributed by atoms with Crippen LogP contribution in [0.3, 0.4) is 0 Å². The first kappa shape index (κ1) is 22.5. The minimum absolute atomic E-state index is 0. The van der Waals surface area contributed by atoms with E-state index in [1.807, 2.05) is 24.3 Å². The monoisotopic (exact) mass is 474 g/mol. The fraction of sp³-hybridized carbons (Fsp3) is 0.579. The van der Waals surface area contributed by atoms with Gasteiger partial charge in [-0.3, -0.25) is 4.79 Å². The van der Waals surface area contributed by atoms with E-state index in [4.69, 9.17) is 10.5 Å². The summed E-state index contributed by atoms with van der Waals surface area (Å²) in [5.74, 6) is 1.77. The molecule has 7 heteroatoms. The van der Waals surface area contributed by atoms with E-state index in [2.05, 4.69) is 29.5 Å². The molecule has 4 N–H and O–H groups in total. The Morgan fingerprint density at radius 3 is 2.88 bits per heavy atom. The van der Waals surface area contributed by atoms with Gasteiger partial charge in [-0.05, 0) is 43.4 Å². The first-order chi connectivity index (χ1) is 12.1. The summed E-state index contributed by atoms with van der Waals surface area (Å²) in [5, 5.41) is 6.87. The molecule has 1 amide bonds. The van der Waals surface area contributed by atoms with Crippen molar-refractivity contribution in [2.24, 2.45) is 16.6 Å². The van der Waals surface area contributed by atoms with Crippen molar-refractivity contribution in [2.75, 3.05) is 13.2 Å². The van der Waals surface area contributed by atoms with Crippen molar-refractivity contribution in [3.63, 3.8) is 0 Å². The SMILES string of the molecule is CCNC(=NCc1cccc(OCC(N)=O)c1)NC1CCCC(C)C1.I. The third kappa shape index (κ3) is 8.25. The Morgan fingerprint density at radius 1 is 1.38 bits per heavy atom. The Kier molecular flexibility index (Phi) is 10.4. The Labute approximate surface area is 173 Å². The topological polar surface area (TPSA) is 88.7 Å². The zero-order chi connectivity index (χ0) is 18.1. The van der Waals surface area contributed by atoms with Gasteiger partial charge in [0.1, 0.15) is 5.75 Å². The first-order valence-electron chi connectivity index (χ1n) is 9.11. The zero-order valence-corrected chi connectivity index (χ0v) is 18.0. The maximum Gasteiger partial charge on any atom is 0.255 e. The van der Waals surface area contributed by atoms with E-state index in [1.54, 1.807) is 0 Å². The maximum atomic E-state index is 10.8. The van der Waals surface area contributed by atoms with Crippen molar-refractivity contribution < 1.29 is 9.53 Å². The van der Waals surface area contributed by atoms with Crippen LogP contribution in [0, 0.1) is 5.92 Å². The summed E-state index contributed by atoms with van der Waals surface area (Å²) in [6, 6.07) is 8.07. The lowest BCUT2D eigenvalue weighted by Gasteiger charge is -2.28. The van der Waals surface area contributed by atoms with E-state index in [0.29, 0.717) is 18.3 Å². The molecule has 1 fully saturated rings. The molecule has 0 bridgehead atoms. The van der Waals surface area contributed by atoms with Gasteiger partial charge in [0.05, 0.1) is 6.54 Å². The van der Waals surface area contributed by atoms with Crippen molar-refractivity contribution in [2.45, 2.75) is 52.1 Å². The second kappa shape index (κ2) is 12.0. The summed E-state index contributed by atoms with van der Waals surface area (Å²) in [4.78, 5) is 15.5. The van der Waals surface area contributed by atoms with Gasteiger partial charge in [0.25, 0.3) is 5.91 Å². The van der Waals surface area contributed by atoms with E-state index < -0.39 is 5.91 Å². The number of aliphatic imine (C=N–C) groups is 1. The third-order valence-corrected chi connectivity index (χ3v) is 4.32. The van der Waals surface area contributed by atoms with Crippen LogP contribution in [0.25, 0.3) is 0 Å². The van der Waals surface area contributed by atoms with Crippen molar-refractivity contribution in [3.8, 4) is 5.75 Å². The molecule has 2 unspecified atom stereocenters. The van der Waals surface area contributed by atoms with Gasteiger partial charge in [0.15, 0.2) is 12.6 Å². The van der Waals surface area contributed by atoms with Crippen LogP contribution in [0.4, 0.5) is 0 Å². The normalized spacial score (nSPS) is 20.0. The Balaban J connectivity index is 0.00000338. The number of halogens is 1. The number of hydrogen-bond donors (Lipinski definition) is 3. The van der Waals surface area contributed by atoms with Crippen molar-refractivity contribution in [3.05, 3.63) is 29.8 Å². The van der Waals surface area contributed by atoms with E-state index in [1.165, 1.54) is 25.7 Å². The van der Waals surface area contributed by atoms with Crippen LogP contribution in [-0.2, 0) is 11.3 Å². The lowest BCUT2D eigenvalue weighted by molar-refractivity contribution is -0.119. The first-order valence-corrected chi connectivity index (χ1v) is 9.11. The molecule has 0 heterocycles. The van der Waals surface area contributed by atoms with Gasteiger partial charge in [0.2, 0.25) is 0 Å². The Bertz CT molecular complexity index is 595. The van der Waals surface area contributed by atoms with Crippen LogP contribution in [-0.4, -0.2) is 31.1 Å². The molecule has 1 aliphatic rings. The molecular weight excluding hydrogens is 443 g/mol. The van der Waals surface area contributed by atoms with Crippen molar-refractivity contribution in [1.82, 2.24) is 10.6 Å². The quantitative estimate of drug-likeness (QED) is 0.322. The summed E-state index contributed by atoms with van der Waals surface area (Å²) < 4.78 is 5.34. The van der Waals surface area contributed by atoms with Gasteiger partial charge in [-0.2, -0.15) is 0 Å². The standard InChI is InChI=1S/C19H30N4O2.HI/c1-3-21-19(23-16-8-4-6-14(2)10-16)22-12-15-7-5-9-17(11-15)25-13-18(20)24;/h5,7,9,11,14,16H,3-4,6,8,10,12-13H2,1-2H3,(H2,20,24)(H2,21,22,23);1H. The Hall–Kier alpha value is -1.51. The van der Waals surface area contributed by atoms with E-state index in [9.17, 15) is 4.79 Å². The predicted octanol–water partition coefficient (Wildman–Crippen LogP) is 2.80. The minimum atomic E-state index is -0.483. The van der Waals surface area contributed by atoms with Gasteiger partial charge in [-0.1, -0.05) is 31.9 Å². The molecule has 1 aliphatic carbocycles. The van der Waals surface area contributed by atoms with Crippen LogP contribution in [0.5, 0.6) is 5.75 Å². The van der Waals surface area contributed by atoms with Gasteiger partial charge >= 0.3 is 0 Å². The molecule has 1 saturated carbocycles. The zero-order valence-electron chi connectivity index (χ0n) is 15.7. The molecule has 6 nitrogen and oxygen atoms in total. The summed E-state index contributed by atoms with van der Waals surface area (Å²) in [7, 11) is 0. The van der Waals surface area contributed by atoms with Crippen LogP contribution in [0.1, 0.15) is 45.1 Å². The fourth-order valence-corrected chi connectivity index (χ4v) is 3.14. The molecule has 0 saturated heterocycles. The second-order valence-corrected chi connectivity index (χ2v) is 6.71. The number of nitrogens with zero attached hydrogens (tertiary/aromatic N) is 1. The lowest BCUT2D eigenvalue weighted by Crippen LogP contribution is -2.45. The molecule has 0 radical (unpaired) electrons. The minimum Gasteiger partial charge on any atom is -0.484 e. The number of carbonyl (C=O) groups excluding carboxylic acids is 1. The summed E-state index contributed by atoms with van der Waals surface area (Å²) in [6.45, 7) is 5.65. The van der Waals surface area contributed by atoms with E-state index in [0.717, 1.165) is 24.0 Å². The number of hydrogen-bond acceptors (Lipinski definition) is 3. The number of primary amides is 1. The number of ether oxygens (including phenoxy) is 1. The summed E-state index contributed by atoms with van der Waals surface area (Å²) in [5.41, 5.74) is 6.13. The smallest absolute Gasteiger partial charge is 0.255 e. The molecule has 0 spiro atoms. The van der Waals surface area contributed by atoms with Gasteiger partial charge in [0, 0.05) is 12.6 Å². The number of carbonyl (C=O) groups is 1. The maximum absolute atomic E-state index is 10.8. The average molecular weight is 474 g/mol. The van der Waals surface area contributed by atoms with E-state index >= 15 is 0 Å². The highest BCUT2D eigenvalue weighted by molar-refractivity contribution is 14.0. The molecule has 26 heavy (non-hydrogen) atoms. The molecule has 2 atom stereocenters. The van der Waals surface area contributed by atoms with Gasteiger partial charge in [-0.25, -0.2) is 4.99 Å². The highest BCUT2D eigenvalue weighted by atomic mass is 127. The highest BCUT2D eigenvalue weighted by Gasteiger charge is 2.19. The molecular formula is C19H31IN4O2. The molecule has 0 aliphatic heterocycles. The predicted molar refractivity (Wildman–Crippen MR) is 116 cm³/mol. The molecule has 146 valence electrons. The number of nitrogens with one attached hydrogen (secondary N) is 2. The van der Waals surface area contributed by atoms with Gasteiger partial charge < -0.3 is 21.1 Å². The summed E-state index contributed by atoms with van der Waals surface area (Å²) in [6.07, 6.45) is 4.99. The van der Waals surface area contributed by atoms with Gasteiger partial charge in [-0.15, -0.1) is 24.0 Å². The molecule has 1 aromatic rings.